The first kappa shape index (κ1) is 12.6. The molecule has 0 aliphatic carbocycles. The van der Waals surface area contributed by atoms with Crippen LogP contribution in [0.2, 0.25) is 5.02 Å². The van der Waals surface area contributed by atoms with E-state index in [9.17, 15) is 22.0 Å². The van der Waals surface area contributed by atoms with Gasteiger partial charge in [-0.1, -0.05) is 11.6 Å². The average Bonchev–Trinajstić information content (AvgIpc) is 2.06. The zero-order valence-corrected chi connectivity index (χ0v) is 8.56. The monoisotopic (exact) mass is 262 g/mol. The number of hydrogen-bond donors (Lipinski definition) is 0. The lowest BCUT2D eigenvalue weighted by molar-refractivity contribution is -0.237. The van der Waals surface area contributed by atoms with E-state index in [1.54, 1.807) is 0 Å². The molecule has 0 atom stereocenters. The van der Waals surface area contributed by atoms with Crippen LogP contribution in [0.4, 0.5) is 22.0 Å². The lowest BCUT2D eigenvalue weighted by Gasteiger charge is -2.18. The summed E-state index contributed by atoms with van der Waals surface area (Å²) in [7, 11) is 0. The minimum absolute atomic E-state index is 0.193. The highest BCUT2D eigenvalue weighted by Gasteiger charge is 2.58. The maximum atomic E-state index is 12.5. The van der Waals surface area contributed by atoms with Gasteiger partial charge in [-0.3, -0.25) is 0 Å². The van der Waals surface area contributed by atoms with E-state index in [1.807, 2.05) is 0 Å². The molecular weight excluding hydrogens is 259 g/mol. The summed E-state index contributed by atoms with van der Waals surface area (Å²) >= 11 is 4.90. The van der Waals surface area contributed by atoms with E-state index in [1.165, 1.54) is 12.1 Å². The van der Waals surface area contributed by atoms with Crippen LogP contribution < -0.4 is 0 Å². The van der Waals surface area contributed by atoms with Crippen molar-refractivity contribution in [3.05, 3.63) is 29.3 Å². The summed E-state index contributed by atoms with van der Waals surface area (Å²) in [5.41, 5.74) is 0. The molecule has 0 fully saturated rings. The third-order valence-corrected chi connectivity index (χ3v) is 2.64. The van der Waals surface area contributed by atoms with E-state index >= 15 is 0 Å². The molecule has 0 heterocycles. The molecule has 0 aliphatic rings. The quantitative estimate of drug-likeness (QED) is 0.555. The number of alkyl halides is 5. The van der Waals surface area contributed by atoms with Crippen molar-refractivity contribution in [2.24, 2.45) is 0 Å². The van der Waals surface area contributed by atoms with Crippen LogP contribution in [0.3, 0.4) is 0 Å². The van der Waals surface area contributed by atoms with Gasteiger partial charge in [0.05, 0.1) is 0 Å². The maximum Gasteiger partial charge on any atom is 0.464 e. The lowest BCUT2D eigenvalue weighted by Crippen LogP contribution is -2.32. The summed E-state index contributed by atoms with van der Waals surface area (Å²) in [5, 5.41) is -4.52. The molecule has 0 aliphatic heterocycles. The van der Waals surface area contributed by atoms with Gasteiger partial charge < -0.3 is 0 Å². The highest BCUT2D eigenvalue weighted by atomic mass is 35.5. The van der Waals surface area contributed by atoms with Crippen molar-refractivity contribution < 1.29 is 22.0 Å². The third-order valence-electron chi connectivity index (χ3n) is 1.39. The van der Waals surface area contributed by atoms with Crippen molar-refractivity contribution in [3.63, 3.8) is 0 Å². The van der Waals surface area contributed by atoms with E-state index in [2.05, 4.69) is 0 Å². The lowest BCUT2D eigenvalue weighted by atomic mass is 10.4. The predicted octanol–water partition coefficient (Wildman–Crippen LogP) is 4.59. The largest absolute Gasteiger partial charge is 0.464 e. The Hall–Kier alpha value is -0.490. The summed E-state index contributed by atoms with van der Waals surface area (Å²) in [6, 6.07) is 4.70. The first-order valence-electron chi connectivity index (χ1n) is 3.61. The van der Waals surface area contributed by atoms with Gasteiger partial charge in [-0.2, -0.15) is 22.0 Å². The second kappa shape index (κ2) is 4.17. The van der Waals surface area contributed by atoms with E-state index < -0.39 is 23.2 Å². The number of halogens is 6. The molecule has 0 aromatic heterocycles. The van der Waals surface area contributed by atoms with Gasteiger partial charge >= 0.3 is 11.4 Å². The standard InChI is InChI=1S/C8H4ClF5S/c9-5-1-3-6(4-2-5)15-8(13,14)7(10,11)12/h1-4H. The van der Waals surface area contributed by atoms with E-state index in [4.69, 9.17) is 11.6 Å². The van der Waals surface area contributed by atoms with Gasteiger partial charge in [-0.25, -0.2) is 0 Å². The molecule has 1 aromatic rings. The molecule has 0 amide bonds. The fourth-order valence-corrected chi connectivity index (χ4v) is 1.52. The molecule has 0 N–H and O–H groups in total. The molecule has 0 saturated heterocycles. The molecule has 1 aromatic carbocycles. The van der Waals surface area contributed by atoms with Gasteiger partial charge in [0.15, 0.2) is 0 Å². The van der Waals surface area contributed by atoms with Crippen molar-refractivity contribution in [2.45, 2.75) is 16.3 Å². The fourth-order valence-electron chi connectivity index (χ4n) is 0.709. The predicted molar refractivity (Wildman–Crippen MR) is 48.3 cm³/mol. The van der Waals surface area contributed by atoms with Gasteiger partial charge in [0.25, 0.3) is 0 Å². The molecule has 0 bridgehead atoms. The Bertz CT molecular complexity index is 332. The molecule has 0 nitrogen and oxygen atoms in total. The topological polar surface area (TPSA) is 0 Å². The molecule has 0 radical (unpaired) electrons. The SMILES string of the molecule is FC(F)(F)C(F)(F)Sc1ccc(Cl)cc1. The average molecular weight is 263 g/mol. The molecule has 7 heteroatoms. The molecule has 1 rings (SSSR count). The summed E-state index contributed by atoms with van der Waals surface area (Å²) in [6.45, 7) is 0. The number of thioether (sulfide) groups is 1. The van der Waals surface area contributed by atoms with Crippen LogP contribution >= 0.6 is 23.4 Å². The maximum absolute atomic E-state index is 12.5. The van der Waals surface area contributed by atoms with E-state index in [0.717, 1.165) is 12.1 Å². The molecule has 84 valence electrons. The molecule has 0 spiro atoms. The minimum atomic E-state index is -5.56. The van der Waals surface area contributed by atoms with Crippen molar-refractivity contribution >= 4 is 23.4 Å². The second-order valence-electron chi connectivity index (χ2n) is 2.57. The van der Waals surface area contributed by atoms with Crippen LogP contribution in [-0.2, 0) is 0 Å². The first-order valence-corrected chi connectivity index (χ1v) is 4.81. The van der Waals surface area contributed by atoms with Crippen LogP contribution in [-0.4, -0.2) is 11.4 Å². The smallest absolute Gasteiger partial charge is 0.183 e. The Morgan fingerprint density at radius 1 is 0.933 bits per heavy atom. The second-order valence-corrected chi connectivity index (χ2v) is 4.20. The van der Waals surface area contributed by atoms with Gasteiger partial charge in [-0.15, -0.1) is 0 Å². The summed E-state index contributed by atoms with van der Waals surface area (Å²) in [5.74, 6) is 0. The molecule has 15 heavy (non-hydrogen) atoms. The van der Waals surface area contributed by atoms with Crippen LogP contribution in [0.1, 0.15) is 0 Å². The van der Waals surface area contributed by atoms with Crippen molar-refractivity contribution in [1.82, 2.24) is 0 Å². The van der Waals surface area contributed by atoms with Crippen molar-refractivity contribution in [3.8, 4) is 0 Å². The van der Waals surface area contributed by atoms with E-state index in [-0.39, 0.29) is 9.92 Å². The number of benzene rings is 1. The van der Waals surface area contributed by atoms with Crippen LogP contribution in [0, 0.1) is 0 Å². The fraction of sp³-hybridized carbons (Fsp3) is 0.250. The normalized spacial score (nSPS) is 12.9. The van der Waals surface area contributed by atoms with Crippen molar-refractivity contribution in [2.75, 3.05) is 0 Å². The third kappa shape index (κ3) is 3.24. The summed E-state index contributed by atoms with van der Waals surface area (Å²) < 4.78 is 60.4. The van der Waals surface area contributed by atoms with Gasteiger partial charge in [0.1, 0.15) is 0 Å². The Kier molecular flexibility index (Phi) is 3.50. The summed E-state index contributed by atoms with van der Waals surface area (Å²) in [6.07, 6.45) is -5.56. The molecule has 0 saturated carbocycles. The van der Waals surface area contributed by atoms with Crippen molar-refractivity contribution in [1.29, 1.82) is 0 Å². The van der Waals surface area contributed by atoms with Gasteiger partial charge in [-0.05, 0) is 36.0 Å². The van der Waals surface area contributed by atoms with Gasteiger partial charge in [0.2, 0.25) is 0 Å². The minimum Gasteiger partial charge on any atom is -0.183 e. The van der Waals surface area contributed by atoms with Gasteiger partial charge in [0, 0.05) is 9.92 Å². The number of hydrogen-bond acceptors (Lipinski definition) is 1. The molecular formula is C8H4ClF5S. The molecule has 0 unspecified atom stereocenters. The van der Waals surface area contributed by atoms with Crippen LogP contribution in [0.15, 0.2) is 29.2 Å². The zero-order valence-electron chi connectivity index (χ0n) is 6.99. The highest BCUT2D eigenvalue weighted by molar-refractivity contribution is 8.00. The Balaban J connectivity index is 2.82. The van der Waals surface area contributed by atoms with Crippen LogP contribution in [0.5, 0.6) is 0 Å². The summed E-state index contributed by atoms with van der Waals surface area (Å²) in [4.78, 5) is -0.193. The zero-order chi connectivity index (χ0) is 11.7. The van der Waals surface area contributed by atoms with Crippen LogP contribution in [0.25, 0.3) is 0 Å². The highest BCUT2D eigenvalue weighted by Crippen LogP contribution is 2.47. The Labute approximate surface area is 91.4 Å². The first-order chi connectivity index (χ1) is 6.72. The van der Waals surface area contributed by atoms with E-state index in [0.29, 0.717) is 0 Å². The Morgan fingerprint density at radius 3 is 1.80 bits per heavy atom. The number of rotatable bonds is 2. The Morgan fingerprint density at radius 2 is 1.40 bits per heavy atom.